The van der Waals surface area contributed by atoms with Crippen molar-refractivity contribution in [2.24, 2.45) is 0 Å². The fraction of sp³-hybridized carbons (Fsp3) is 0.385. The van der Waals surface area contributed by atoms with E-state index in [1.54, 1.807) is 12.1 Å². The number of nitrogens with zero attached hydrogens (tertiary/aromatic N) is 1. The predicted octanol–water partition coefficient (Wildman–Crippen LogP) is 3.67. The molecule has 1 unspecified atom stereocenters. The van der Waals surface area contributed by atoms with E-state index in [-0.39, 0.29) is 24.3 Å². The first kappa shape index (κ1) is 24.3. The van der Waals surface area contributed by atoms with Crippen LogP contribution in [0.4, 0.5) is 24.5 Å². The zero-order valence-corrected chi connectivity index (χ0v) is 19.6. The Balaban J connectivity index is 1.31. The molecule has 0 aliphatic carbocycles. The molecule has 5 rings (SSSR count). The molecular weight excluding hydrogens is 473 g/mol. The van der Waals surface area contributed by atoms with Gasteiger partial charge in [-0.05, 0) is 54.7 Å². The van der Waals surface area contributed by atoms with Crippen LogP contribution in [0.2, 0.25) is 0 Å². The van der Waals surface area contributed by atoms with E-state index in [2.05, 4.69) is 20.9 Å². The molecule has 0 spiro atoms. The molecule has 3 heterocycles. The molecule has 190 valence electrons. The van der Waals surface area contributed by atoms with Crippen molar-refractivity contribution in [2.75, 3.05) is 43.4 Å². The number of fused-ring (bicyclic) bond motifs is 2. The number of piperazine rings is 1. The summed E-state index contributed by atoms with van der Waals surface area (Å²) in [7, 11) is 0. The van der Waals surface area contributed by atoms with Gasteiger partial charge in [0.25, 0.3) is 0 Å². The summed E-state index contributed by atoms with van der Waals surface area (Å²) in [5.41, 5.74) is 2.50. The van der Waals surface area contributed by atoms with Crippen LogP contribution in [-0.2, 0) is 22.2 Å². The maximum Gasteiger partial charge on any atom is 0.416 e. The van der Waals surface area contributed by atoms with Gasteiger partial charge in [0.1, 0.15) is 5.75 Å². The number of carbonyl (C=O) groups is 2. The van der Waals surface area contributed by atoms with Crippen LogP contribution in [0.25, 0.3) is 5.57 Å². The van der Waals surface area contributed by atoms with Gasteiger partial charge >= 0.3 is 6.18 Å². The van der Waals surface area contributed by atoms with E-state index in [4.69, 9.17) is 4.74 Å². The molecule has 1 fully saturated rings. The highest BCUT2D eigenvalue weighted by Gasteiger charge is 2.33. The third-order valence-corrected chi connectivity index (χ3v) is 6.75. The Bertz CT molecular complexity index is 1210. The Kier molecular flexibility index (Phi) is 6.72. The van der Waals surface area contributed by atoms with Crippen LogP contribution in [-0.4, -0.2) is 55.5 Å². The monoisotopic (exact) mass is 500 g/mol. The highest BCUT2D eigenvalue weighted by molar-refractivity contribution is 6.05. The van der Waals surface area contributed by atoms with Crippen LogP contribution in [0.15, 0.2) is 42.5 Å². The largest absolute Gasteiger partial charge is 0.493 e. The number of anilines is 2. The Morgan fingerprint density at radius 3 is 2.72 bits per heavy atom. The number of hydrogen-bond acceptors (Lipinski definition) is 5. The van der Waals surface area contributed by atoms with E-state index in [1.165, 1.54) is 12.1 Å². The topological polar surface area (TPSA) is 82.7 Å². The Morgan fingerprint density at radius 2 is 1.94 bits per heavy atom. The van der Waals surface area contributed by atoms with Crippen LogP contribution >= 0.6 is 0 Å². The van der Waals surface area contributed by atoms with E-state index in [9.17, 15) is 22.8 Å². The third kappa shape index (κ3) is 5.24. The van der Waals surface area contributed by atoms with Crippen molar-refractivity contribution >= 4 is 28.8 Å². The lowest BCUT2D eigenvalue weighted by Crippen LogP contribution is -2.54. The number of carbonyl (C=O) groups excluding carboxylic acids is 2. The predicted molar refractivity (Wildman–Crippen MR) is 130 cm³/mol. The minimum Gasteiger partial charge on any atom is -0.493 e. The van der Waals surface area contributed by atoms with Gasteiger partial charge in [-0.3, -0.25) is 14.5 Å². The highest BCUT2D eigenvalue weighted by atomic mass is 19.4. The zero-order chi connectivity index (χ0) is 25.3. The smallest absolute Gasteiger partial charge is 0.416 e. The summed E-state index contributed by atoms with van der Waals surface area (Å²) < 4.78 is 44.8. The van der Waals surface area contributed by atoms with Crippen molar-refractivity contribution in [3.63, 3.8) is 0 Å². The lowest BCUT2D eigenvalue weighted by atomic mass is 9.96. The molecule has 2 amide bonds. The van der Waals surface area contributed by atoms with Gasteiger partial charge in [-0.25, -0.2) is 0 Å². The summed E-state index contributed by atoms with van der Waals surface area (Å²) in [6.07, 6.45) is -1.39. The molecule has 2 aromatic carbocycles. The van der Waals surface area contributed by atoms with Crippen molar-refractivity contribution in [3.8, 4) is 5.75 Å². The van der Waals surface area contributed by atoms with Crippen LogP contribution < -0.4 is 20.7 Å². The lowest BCUT2D eigenvalue weighted by Gasteiger charge is -2.36. The summed E-state index contributed by atoms with van der Waals surface area (Å²) in [5, 5.41) is 9.06. The molecule has 7 nitrogen and oxygen atoms in total. The van der Waals surface area contributed by atoms with E-state index < -0.39 is 17.6 Å². The Morgan fingerprint density at radius 1 is 1.14 bits per heavy atom. The number of benzene rings is 2. The van der Waals surface area contributed by atoms with Crippen LogP contribution in [0.1, 0.15) is 29.5 Å². The number of alkyl halides is 3. The zero-order valence-electron chi connectivity index (χ0n) is 19.6. The fourth-order valence-electron chi connectivity index (χ4n) is 4.90. The van der Waals surface area contributed by atoms with Gasteiger partial charge in [-0.15, -0.1) is 0 Å². The number of ether oxygens (including phenoxy) is 1. The molecule has 0 saturated carbocycles. The van der Waals surface area contributed by atoms with Crippen LogP contribution in [0, 0.1) is 0 Å². The minimum absolute atomic E-state index is 0.0525. The molecule has 0 bridgehead atoms. The van der Waals surface area contributed by atoms with Gasteiger partial charge in [0.05, 0.1) is 18.2 Å². The van der Waals surface area contributed by atoms with Gasteiger partial charge in [-0.2, -0.15) is 13.2 Å². The first-order valence-electron chi connectivity index (χ1n) is 12.0. The standard InChI is InChI=1S/C26H27F3N4O3/c27-26(28,29)18-4-6-20-16(2-1-11-36-23(20)14-18)13-24(34)31-19-5-3-17-12-22(25(35)32-21(17)15-19)33-9-7-30-8-10-33/h3-6,13-15,22,30H,1-2,7-12H2,(H,31,34)(H,32,35)/b16-13+. The average molecular weight is 501 g/mol. The van der Waals surface area contributed by atoms with E-state index in [0.717, 1.165) is 43.9 Å². The van der Waals surface area contributed by atoms with Crippen molar-refractivity contribution < 1.29 is 27.5 Å². The van der Waals surface area contributed by atoms with E-state index in [0.29, 0.717) is 41.8 Å². The van der Waals surface area contributed by atoms with Crippen LogP contribution in [0.3, 0.4) is 0 Å². The summed E-state index contributed by atoms with van der Waals surface area (Å²) in [5.74, 6) is -0.335. The molecule has 10 heteroatoms. The molecule has 2 aromatic rings. The second-order valence-corrected chi connectivity index (χ2v) is 9.19. The molecule has 0 aromatic heterocycles. The van der Waals surface area contributed by atoms with Crippen molar-refractivity contribution in [1.29, 1.82) is 0 Å². The molecule has 3 N–H and O–H groups in total. The molecule has 0 radical (unpaired) electrons. The average Bonchev–Trinajstić information content (AvgIpc) is 3.05. The number of hydrogen-bond donors (Lipinski definition) is 3. The normalized spacial score (nSPS) is 21.6. The van der Waals surface area contributed by atoms with Gasteiger partial charge in [0.15, 0.2) is 0 Å². The number of rotatable bonds is 3. The number of amides is 2. The van der Waals surface area contributed by atoms with Crippen molar-refractivity contribution in [1.82, 2.24) is 10.2 Å². The molecule has 3 aliphatic rings. The van der Waals surface area contributed by atoms with E-state index >= 15 is 0 Å². The minimum atomic E-state index is -4.47. The SMILES string of the molecule is O=C(/C=C1\CCCOc2cc(C(F)(F)F)ccc21)Nc1ccc2c(c1)NC(=O)C(N1CCNCC1)C2. The third-order valence-electron chi connectivity index (χ3n) is 6.75. The molecule has 3 aliphatic heterocycles. The highest BCUT2D eigenvalue weighted by Crippen LogP contribution is 2.38. The summed E-state index contributed by atoms with van der Waals surface area (Å²) in [4.78, 5) is 27.7. The summed E-state index contributed by atoms with van der Waals surface area (Å²) >= 11 is 0. The summed E-state index contributed by atoms with van der Waals surface area (Å²) in [6.45, 7) is 3.63. The van der Waals surface area contributed by atoms with Gasteiger partial charge in [-0.1, -0.05) is 12.1 Å². The first-order valence-corrected chi connectivity index (χ1v) is 12.0. The van der Waals surface area contributed by atoms with Gasteiger partial charge in [0.2, 0.25) is 11.8 Å². The molecular formula is C26H27F3N4O3. The van der Waals surface area contributed by atoms with Crippen LogP contribution in [0.5, 0.6) is 5.75 Å². The maximum absolute atomic E-state index is 13.1. The number of allylic oxidation sites excluding steroid dienone is 1. The van der Waals surface area contributed by atoms with Crippen molar-refractivity contribution in [3.05, 3.63) is 59.2 Å². The summed E-state index contributed by atoms with van der Waals surface area (Å²) in [6, 6.07) is 8.55. The lowest BCUT2D eigenvalue weighted by molar-refractivity contribution is -0.137. The van der Waals surface area contributed by atoms with Gasteiger partial charge < -0.3 is 20.7 Å². The number of halogens is 3. The Hall–Kier alpha value is -3.37. The second-order valence-electron chi connectivity index (χ2n) is 9.19. The molecule has 36 heavy (non-hydrogen) atoms. The number of nitrogens with one attached hydrogen (secondary N) is 3. The second kappa shape index (κ2) is 9.94. The maximum atomic E-state index is 13.1. The molecule has 1 atom stereocenters. The quantitative estimate of drug-likeness (QED) is 0.561. The van der Waals surface area contributed by atoms with E-state index in [1.807, 2.05) is 6.07 Å². The van der Waals surface area contributed by atoms with Crippen molar-refractivity contribution in [2.45, 2.75) is 31.5 Å². The fourth-order valence-corrected chi connectivity index (χ4v) is 4.90. The molecule has 1 saturated heterocycles. The van der Waals surface area contributed by atoms with Gasteiger partial charge in [0, 0.05) is 49.2 Å². The Labute approximate surface area is 206 Å². The first-order chi connectivity index (χ1) is 17.3.